The Balaban J connectivity index is 2.03. The predicted molar refractivity (Wildman–Crippen MR) is 61.0 cm³/mol. The van der Waals surface area contributed by atoms with Gasteiger partial charge in [-0.1, -0.05) is 13.3 Å². The highest BCUT2D eigenvalue weighted by atomic mass is 16.3. The van der Waals surface area contributed by atoms with Gasteiger partial charge in [0.25, 0.3) is 5.91 Å². The summed E-state index contributed by atoms with van der Waals surface area (Å²) in [5.41, 5.74) is 6.64. The minimum Gasteiger partial charge on any atom is -0.472 e. The third kappa shape index (κ3) is 2.11. The Morgan fingerprint density at radius 1 is 1.69 bits per heavy atom. The van der Waals surface area contributed by atoms with E-state index >= 15 is 0 Å². The average Bonchev–Trinajstić information content (AvgIpc) is 2.82. The first-order valence-electron chi connectivity index (χ1n) is 5.79. The van der Waals surface area contributed by atoms with E-state index in [-0.39, 0.29) is 11.9 Å². The van der Waals surface area contributed by atoms with Crippen LogP contribution in [0.3, 0.4) is 0 Å². The van der Waals surface area contributed by atoms with Crippen molar-refractivity contribution >= 4 is 5.91 Å². The van der Waals surface area contributed by atoms with Crippen LogP contribution >= 0.6 is 0 Å². The zero-order valence-corrected chi connectivity index (χ0v) is 9.56. The fourth-order valence-corrected chi connectivity index (χ4v) is 2.24. The van der Waals surface area contributed by atoms with Crippen molar-refractivity contribution in [2.75, 3.05) is 13.1 Å². The summed E-state index contributed by atoms with van der Waals surface area (Å²) in [4.78, 5) is 13.9. The van der Waals surface area contributed by atoms with Crippen LogP contribution in [0.5, 0.6) is 0 Å². The Morgan fingerprint density at radius 3 is 3.12 bits per heavy atom. The molecular formula is C12H18N2O2. The van der Waals surface area contributed by atoms with E-state index in [1.54, 1.807) is 6.07 Å². The highest BCUT2D eigenvalue weighted by Crippen LogP contribution is 2.20. The van der Waals surface area contributed by atoms with E-state index in [9.17, 15) is 4.79 Å². The average molecular weight is 222 g/mol. The van der Waals surface area contributed by atoms with Gasteiger partial charge in [0.1, 0.15) is 6.26 Å². The molecule has 4 heteroatoms. The lowest BCUT2D eigenvalue weighted by atomic mass is 9.90. The lowest BCUT2D eigenvalue weighted by Crippen LogP contribution is -2.48. The van der Waals surface area contributed by atoms with E-state index in [0.29, 0.717) is 11.5 Å². The Kier molecular flexibility index (Phi) is 3.29. The second-order valence-electron chi connectivity index (χ2n) is 4.38. The molecule has 1 aliphatic rings. The lowest BCUT2D eigenvalue weighted by molar-refractivity contribution is 0.0648. The van der Waals surface area contributed by atoms with Crippen molar-refractivity contribution < 1.29 is 9.21 Å². The van der Waals surface area contributed by atoms with Crippen LogP contribution in [0.15, 0.2) is 23.0 Å². The Labute approximate surface area is 95.4 Å². The fourth-order valence-electron chi connectivity index (χ4n) is 2.24. The van der Waals surface area contributed by atoms with Gasteiger partial charge in [-0.3, -0.25) is 4.79 Å². The number of furan rings is 1. The molecular weight excluding hydrogens is 204 g/mol. The third-order valence-electron chi connectivity index (χ3n) is 3.37. The summed E-state index contributed by atoms with van der Waals surface area (Å²) >= 11 is 0. The SMILES string of the molecule is CCC1CN(C(=O)c2ccoc2)CCC1N. The molecule has 0 spiro atoms. The van der Waals surface area contributed by atoms with Gasteiger partial charge in [-0.15, -0.1) is 0 Å². The molecule has 1 saturated heterocycles. The zero-order chi connectivity index (χ0) is 11.5. The van der Waals surface area contributed by atoms with Gasteiger partial charge >= 0.3 is 0 Å². The molecule has 4 nitrogen and oxygen atoms in total. The summed E-state index contributed by atoms with van der Waals surface area (Å²) in [5, 5.41) is 0. The molecule has 1 amide bonds. The van der Waals surface area contributed by atoms with E-state index in [2.05, 4.69) is 6.92 Å². The molecule has 1 aromatic heterocycles. The number of amides is 1. The van der Waals surface area contributed by atoms with E-state index in [0.717, 1.165) is 25.9 Å². The van der Waals surface area contributed by atoms with E-state index in [4.69, 9.17) is 10.2 Å². The number of hydrogen-bond acceptors (Lipinski definition) is 3. The maximum Gasteiger partial charge on any atom is 0.257 e. The van der Waals surface area contributed by atoms with Crippen LogP contribution in [0.2, 0.25) is 0 Å². The van der Waals surface area contributed by atoms with Crippen LogP contribution in [0.1, 0.15) is 30.1 Å². The molecule has 0 saturated carbocycles. The minimum absolute atomic E-state index is 0.0547. The number of hydrogen-bond donors (Lipinski definition) is 1. The van der Waals surface area contributed by atoms with E-state index in [1.807, 2.05) is 4.90 Å². The van der Waals surface area contributed by atoms with E-state index in [1.165, 1.54) is 12.5 Å². The van der Waals surface area contributed by atoms with Crippen LogP contribution < -0.4 is 5.73 Å². The van der Waals surface area contributed by atoms with Crippen molar-refractivity contribution in [2.45, 2.75) is 25.8 Å². The molecule has 1 aromatic rings. The van der Waals surface area contributed by atoms with Crippen molar-refractivity contribution in [3.63, 3.8) is 0 Å². The van der Waals surface area contributed by atoms with Crippen LogP contribution in [0.25, 0.3) is 0 Å². The van der Waals surface area contributed by atoms with Crippen molar-refractivity contribution in [1.29, 1.82) is 0 Å². The molecule has 16 heavy (non-hydrogen) atoms. The second-order valence-corrected chi connectivity index (χ2v) is 4.38. The molecule has 0 bridgehead atoms. The zero-order valence-electron chi connectivity index (χ0n) is 9.56. The maximum atomic E-state index is 12.1. The summed E-state index contributed by atoms with van der Waals surface area (Å²) in [6, 6.07) is 1.94. The van der Waals surface area contributed by atoms with Gasteiger partial charge < -0.3 is 15.1 Å². The molecule has 88 valence electrons. The minimum atomic E-state index is 0.0547. The number of carbonyl (C=O) groups is 1. The second kappa shape index (κ2) is 4.70. The highest BCUT2D eigenvalue weighted by Gasteiger charge is 2.28. The molecule has 2 N–H and O–H groups in total. The largest absolute Gasteiger partial charge is 0.472 e. The molecule has 1 fully saturated rings. The van der Waals surface area contributed by atoms with E-state index < -0.39 is 0 Å². The molecule has 0 aliphatic carbocycles. The maximum absolute atomic E-state index is 12.1. The van der Waals surface area contributed by atoms with Gasteiger partial charge in [0, 0.05) is 19.1 Å². The molecule has 0 aromatic carbocycles. The van der Waals surface area contributed by atoms with Crippen LogP contribution in [-0.4, -0.2) is 29.9 Å². The Bertz CT molecular complexity index is 348. The molecule has 2 atom stereocenters. The Morgan fingerprint density at radius 2 is 2.50 bits per heavy atom. The first kappa shape index (κ1) is 11.2. The number of carbonyl (C=O) groups excluding carboxylic acids is 1. The number of nitrogens with two attached hydrogens (primary N) is 1. The number of piperidine rings is 1. The molecule has 2 unspecified atom stereocenters. The summed E-state index contributed by atoms with van der Waals surface area (Å²) in [7, 11) is 0. The van der Waals surface area contributed by atoms with Gasteiger partial charge in [0.15, 0.2) is 0 Å². The van der Waals surface area contributed by atoms with Gasteiger partial charge in [-0.2, -0.15) is 0 Å². The summed E-state index contributed by atoms with van der Waals surface area (Å²) in [6.45, 7) is 3.64. The first-order valence-corrected chi connectivity index (χ1v) is 5.79. The molecule has 2 rings (SSSR count). The van der Waals surface area contributed by atoms with Crippen LogP contribution in [-0.2, 0) is 0 Å². The number of nitrogens with zero attached hydrogens (tertiary/aromatic N) is 1. The monoisotopic (exact) mass is 222 g/mol. The van der Waals surface area contributed by atoms with Gasteiger partial charge in [0.2, 0.25) is 0 Å². The summed E-state index contributed by atoms with van der Waals surface area (Å²) < 4.78 is 4.93. The van der Waals surface area contributed by atoms with Gasteiger partial charge in [-0.25, -0.2) is 0 Å². The smallest absolute Gasteiger partial charge is 0.257 e. The van der Waals surface area contributed by atoms with Gasteiger partial charge in [0.05, 0.1) is 11.8 Å². The Hall–Kier alpha value is -1.29. The molecule has 0 radical (unpaired) electrons. The van der Waals surface area contributed by atoms with Crippen molar-refractivity contribution in [3.8, 4) is 0 Å². The third-order valence-corrected chi connectivity index (χ3v) is 3.37. The van der Waals surface area contributed by atoms with Gasteiger partial charge in [-0.05, 0) is 18.4 Å². The number of rotatable bonds is 2. The van der Waals surface area contributed by atoms with Crippen molar-refractivity contribution in [1.82, 2.24) is 4.90 Å². The number of likely N-dealkylation sites (tertiary alicyclic amines) is 1. The van der Waals surface area contributed by atoms with Crippen LogP contribution in [0, 0.1) is 5.92 Å². The highest BCUT2D eigenvalue weighted by molar-refractivity contribution is 5.93. The predicted octanol–water partition coefficient (Wildman–Crippen LogP) is 1.48. The van der Waals surface area contributed by atoms with Crippen LogP contribution in [0.4, 0.5) is 0 Å². The topological polar surface area (TPSA) is 59.5 Å². The molecule has 2 heterocycles. The quantitative estimate of drug-likeness (QED) is 0.824. The summed E-state index contributed by atoms with van der Waals surface area (Å²) in [6.07, 6.45) is 4.94. The summed E-state index contributed by atoms with van der Waals surface area (Å²) in [5.74, 6) is 0.476. The fraction of sp³-hybridized carbons (Fsp3) is 0.583. The molecule has 1 aliphatic heterocycles. The standard InChI is InChI=1S/C12H18N2O2/c1-2-9-7-14(5-3-11(9)13)12(15)10-4-6-16-8-10/h4,6,8-9,11H,2-3,5,7,13H2,1H3. The first-order chi connectivity index (χ1) is 7.72. The van der Waals surface area contributed by atoms with Crippen molar-refractivity contribution in [2.24, 2.45) is 11.7 Å². The van der Waals surface area contributed by atoms with Crippen molar-refractivity contribution in [3.05, 3.63) is 24.2 Å². The normalized spacial score (nSPS) is 25.8. The lowest BCUT2D eigenvalue weighted by Gasteiger charge is -2.36.